The van der Waals surface area contributed by atoms with Crippen LogP contribution in [0.3, 0.4) is 0 Å². The molecular weight excluding hydrogens is 223 g/mol. The van der Waals surface area contributed by atoms with E-state index in [1.807, 2.05) is 6.92 Å². The summed E-state index contributed by atoms with van der Waals surface area (Å²) in [5, 5.41) is 4.08. The van der Waals surface area contributed by atoms with Crippen molar-refractivity contribution >= 4 is 5.69 Å². The first-order valence-electron chi connectivity index (χ1n) is 5.11. The first-order chi connectivity index (χ1) is 8.11. The lowest BCUT2D eigenvalue weighted by atomic mass is 10.1. The van der Waals surface area contributed by atoms with E-state index in [1.165, 1.54) is 19.4 Å². The van der Waals surface area contributed by atoms with Crippen LogP contribution in [0.2, 0.25) is 0 Å². The third-order valence-corrected chi connectivity index (χ3v) is 2.51. The van der Waals surface area contributed by atoms with E-state index < -0.39 is 5.82 Å². The van der Waals surface area contributed by atoms with Crippen LogP contribution < -0.4 is 10.5 Å². The van der Waals surface area contributed by atoms with Gasteiger partial charge in [-0.3, -0.25) is 4.68 Å². The smallest absolute Gasteiger partial charge is 0.218 e. The molecule has 5 nitrogen and oxygen atoms in total. The van der Waals surface area contributed by atoms with Crippen molar-refractivity contribution in [3.05, 3.63) is 36.0 Å². The number of rotatable bonds is 3. The van der Waals surface area contributed by atoms with Gasteiger partial charge in [0.25, 0.3) is 0 Å². The summed E-state index contributed by atoms with van der Waals surface area (Å²) in [5.74, 6) is -0.0271. The minimum Gasteiger partial charge on any atom is -0.481 e. The van der Waals surface area contributed by atoms with Crippen LogP contribution in [0.4, 0.5) is 10.1 Å². The van der Waals surface area contributed by atoms with Crippen molar-refractivity contribution in [2.75, 3.05) is 12.8 Å². The van der Waals surface area contributed by atoms with Crippen molar-refractivity contribution in [2.24, 2.45) is 0 Å². The van der Waals surface area contributed by atoms with Gasteiger partial charge in [0.15, 0.2) is 0 Å². The standard InChI is InChI=1S/C11H13FN4O/c1-7(16-6-9(13)5-15-16)10-3-8(12)4-14-11(10)17-2/h3-7H,13H2,1-2H3/t7-/m0/s1. The van der Waals surface area contributed by atoms with Gasteiger partial charge in [0, 0.05) is 11.8 Å². The van der Waals surface area contributed by atoms with E-state index in [-0.39, 0.29) is 6.04 Å². The lowest BCUT2D eigenvalue weighted by molar-refractivity contribution is 0.381. The quantitative estimate of drug-likeness (QED) is 0.879. The Morgan fingerprint density at radius 2 is 2.24 bits per heavy atom. The van der Waals surface area contributed by atoms with E-state index >= 15 is 0 Å². The molecule has 2 aromatic heterocycles. The monoisotopic (exact) mass is 236 g/mol. The van der Waals surface area contributed by atoms with Gasteiger partial charge in [-0.05, 0) is 13.0 Å². The number of ether oxygens (including phenoxy) is 1. The van der Waals surface area contributed by atoms with E-state index in [9.17, 15) is 4.39 Å². The fraction of sp³-hybridized carbons (Fsp3) is 0.273. The molecule has 2 rings (SSSR count). The van der Waals surface area contributed by atoms with Gasteiger partial charge in [0.1, 0.15) is 5.82 Å². The molecule has 0 aromatic carbocycles. The molecule has 0 fully saturated rings. The molecule has 0 amide bonds. The highest BCUT2D eigenvalue weighted by molar-refractivity contribution is 5.34. The number of nitrogens with zero attached hydrogens (tertiary/aromatic N) is 3. The number of halogens is 1. The van der Waals surface area contributed by atoms with Crippen molar-refractivity contribution in [1.82, 2.24) is 14.8 Å². The van der Waals surface area contributed by atoms with Gasteiger partial charge in [0.2, 0.25) is 5.88 Å². The van der Waals surface area contributed by atoms with Crippen molar-refractivity contribution in [1.29, 1.82) is 0 Å². The maximum Gasteiger partial charge on any atom is 0.218 e. The average molecular weight is 236 g/mol. The number of pyridine rings is 1. The molecule has 0 aliphatic heterocycles. The molecule has 17 heavy (non-hydrogen) atoms. The summed E-state index contributed by atoms with van der Waals surface area (Å²) in [7, 11) is 1.49. The summed E-state index contributed by atoms with van der Waals surface area (Å²) in [6.45, 7) is 1.87. The van der Waals surface area contributed by atoms with Gasteiger partial charge in [-0.15, -0.1) is 0 Å². The fourth-order valence-corrected chi connectivity index (χ4v) is 1.62. The maximum atomic E-state index is 13.2. The van der Waals surface area contributed by atoms with Crippen LogP contribution in [-0.2, 0) is 0 Å². The summed E-state index contributed by atoms with van der Waals surface area (Å²) in [4.78, 5) is 3.88. The van der Waals surface area contributed by atoms with Crippen LogP contribution in [0.25, 0.3) is 0 Å². The molecule has 0 spiro atoms. The Morgan fingerprint density at radius 3 is 2.82 bits per heavy atom. The van der Waals surface area contributed by atoms with Crippen LogP contribution in [0, 0.1) is 5.82 Å². The predicted octanol–water partition coefficient (Wildman–Crippen LogP) is 1.62. The number of nitrogens with two attached hydrogens (primary N) is 1. The van der Waals surface area contributed by atoms with Crippen LogP contribution in [0.5, 0.6) is 5.88 Å². The molecule has 2 N–H and O–H groups in total. The molecular formula is C11H13FN4O. The third-order valence-electron chi connectivity index (χ3n) is 2.51. The fourth-order valence-electron chi connectivity index (χ4n) is 1.62. The normalized spacial score (nSPS) is 12.4. The van der Waals surface area contributed by atoms with Gasteiger partial charge in [-0.2, -0.15) is 5.10 Å². The Labute approximate surface area is 98.0 Å². The summed E-state index contributed by atoms with van der Waals surface area (Å²) >= 11 is 0. The Hall–Kier alpha value is -2.11. The van der Waals surface area contributed by atoms with E-state index in [1.54, 1.807) is 10.9 Å². The Kier molecular flexibility index (Phi) is 2.95. The lowest BCUT2D eigenvalue weighted by Gasteiger charge is -2.15. The molecule has 0 saturated heterocycles. The van der Waals surface area contributed by atoms with Gasteiger partial charge < -0.3 is 10.5 Å². The van der Waals surface area contributed by atoms with E-state index in [4.69, 9.17) is 10.5 Å². The maximum absolute atomic E-state index is 13.2. The van der Waals surface area contributed by atoms with Gasteiger partial charge in [0.05, 0.1) is 31.2 Å². The second-order valence-electron chi connectivity index (χ2n) is 3.68. The molecule has 90 valence electrons. The van der Waals surface area contributed by atoms with Crippen LogP contribution in [0.15, 0.2) is 24.7 Å². The molecule has 0 saturated carbocycles. The zero-order chi connectivity index (χ0) is 12.4. The van der Waals surface area contributed by atoms with Gasteiger partial charge >= 0.3 is 0 Å². The summed E-state index contributed by atoms with van der Waals surface area (Å²) in [6, 6.07) is 1.18. The second kappa shape index (κ2) is 4.40. The Morgan fingerprint density at radius 1 is 1.47 bits per heavy atom. The van der Waals surface area contributed by atoms with Gasteiger partial charge in [-0.1, -0.05) is 0 Å². The van der Waals surface area contributed by atoms with Crippen molar-refractivity contribution in [3.8, 4) is 5.88 Å². The largest absolute Gasteiger partial charge is 0.481 e. The number of hydrogen-bond donors (Lipinski definition) is 1. The second-order valence-corrected chi connectivity index (χ2v) is 3.68. The summed E-state index contributed by atoms with van der Waals surface area (Å²) in [5.41, 5.74) is 6.77. The molecule has 0 aliphatic carbocycles. The number of aromatic nitrogens is 3. The molecule has 0 radical (unpaired) electrons. The molecule has 1 atom stereocenters. The minimum atomic E-state index is -0.409. The highest BCUT2D eigenvalue weighted by Gasteiger charge is 2.16. The number of methoxy groups -OCH3 is 1. The van der Waals surface area contributed by atoms with E-state index in [0.717, 1.165) is 6.20 Å². The molecule has 2 aromatic rings. The summed E-state index contributed by atoms with van der Waals surface area (Å²) < 4.78 is 19.9. The van der Waals surface area contributed by atoms with Crippen LogP contribution >= 0.6 is 0 Å². The lowest BCUT2D eigenvalue weighted by Crippen LogP contribution is -2.10. The van der Waals surface area contributed by atoms with E-state index in [2.05, 4.69) is 10.1 Å². The highest BCUT2D eigenvalue weighted by Crippen LogP contribution is 2.26. The highest BCUT2D eigenvalue weighted by atomic mass is 19.1. The SMILES string of the molecule is COc1ncc(F)cc1[C@H](C)n1cc(N)cn1. The minimum absolute atomic E-state index is 0.203. The number of nitrogen functional groups attached to an aromatic ring is 1. The number of anilines is 1. The molecule has 0 unspecified atom stereocenters. The molecule has 2 heterocycles. The van der Waals surface area contributed by atoms with Crippen molar-refractivity contribution in [2.45, 2.75) is 13.0 Å². The van der Waals surface area contributed by atoms with Gasteiger partial charge in [-0.25, -0.2) is 9.37 Å². The Balaban J connectivity index is 2.42. The Bertz CT molecular complexity index is 526. The zero-order valence-electron chi connectivity index (χ0n) is 9.59. The van der Waals surface area contributed by atoms with E-state index in [0.29, 0.717) is 17.1 Å². The molecule has 0 bridgehead atoms. The predicted molar refractivity (Wildman–Crippen MR) is 61.2 cm³/mol. The number of hydrogen-bond acceptors (Lipinski definition) is 4. The molecule has 0 aliphatic rings. The summed E-state index contributed by atoms with van der Waals surface area (Å²) in [6.07, 6.45) is 4.33. The first kappa shape index (κ1) is 11.4. The average Bonchev–Trinajstić information content (AvgIpc) is 2.75. The molecule has 6 heteroatoms. The third kappa shape index (κ3) is 2.20. The van der Waals surface area contributed by atoms with Crippen LogP contribution in [-0.4, -0.2) is 21.9 Å². The van der Waals surface area contributed by atoms with Crippen molar-refractivity contribution in [3.63, 3.8) is 0 Å². The van der Waals surface area contributed by atoms with Crippen molar-refractivity contribution < 1.29 is 9.13 Å². The topological polar surface area (TPSA) is 66.0 Å². The zero-order valence-corrected chi connectivity index (χ0v) is 9.59. The van der Waals surface area contributed by atoms with Crippen LogP contribution in [0.1, 0.15) is 18.5 Å². The first-order valence-corrected chi connectivity index (χ1v) is 5.11.